The van der Waals surface area contributed by atoms with E-state index in [0.717, 1.165) is 16.9 Å². The summed E-state index contributed by atoms with van der Waals surface area (Å²) in [7, 11) is 0. The predicted octanol–water partition coefficient (Wildman–Crippen LogP) is 4.98. The van der Waals surface area contributed by atoms with Gasteiger partial charge < -0.3 is 25.3 Å². The second kappa shape index (κ2) is 12.9. The third-order valence-corrected chi connectivity index (χ3v) is 6.54. The summed E-state index contributed by atoms with van der Waals surface area (Å²) in [5.41, 5.74) is 3.72. The summed E-state index contributed by atoms with van der Waals surface area (Å²) >= 11 is 0. The van der Waals surface area contributed by atoms with Crippen molar-refractivity contribution >= 4 is 34.9 Å². The van der Waals surface area contributed by atoms with Crippen LogP contribution in [0.4, 0.5) is 26.2 Å². The molecule has 0 unspecified atom stereocenters. The number of halogens is 1. The molecule has 0 spiro atoms. The summed E-state index contributed by atoms with van der Waals surface area (Å²) in [6, 6.07) is 20.6. The lowest BCUT2D eigenvalue weighted by atomic mass is 10.2. The van der Waals surface area contributed by atoms with Crippen LogP contribution in [-0.4, -0.2) is 66.9 Å². The molecule has 0 bridgehead atoms. The number of rotatable bonds is 8. The monoisotopic (exact) mass is 531 g/mol. The number of nitrogens with one attached hydrogen (secondary N) is 2. The van der Waals surface area contributed by atoms with E-state index in [-0.39, 0.29) is 30.0 Å². The SMILES string of the molecule is CCCN(CC(=O)Nc1ccc(N2CCN(C(=O)Nc3cccc(C)c3)CC2)cc1)C(=O)c1cccc(F)c1. The molecule has 0 saturated carbocycles. The first-order valence-corrected chi connectivity index (χ1v) is 13.1. The maximum atomic E-state index is 13.6. The molecule has 9 heteroatoms. The predicted molar refractivity (Wildman–Crippen MR) is 152 cm³/mol. The number of amides is 4. The van der Waals surface area contributed by atoms with Crippen molar-refractivity contribution in [2.75, 3.05) is 54.8 Å². The van der Waals surface area contributed by atoms with Gasteiger partial charge in [0.05, 0.1) is 0 Å². The third-order valence-electron chi connectivity index (χ3n) is 6.54. The molecule has 1 aliphatic rings. The molecular formula is C30H34FN5O3. The zero-order valence-corrected chi connectivity index (χ0v) is 22.3. The van der Waals surface area contributed by atoms with Crippen LogP contribution in [0.1, 0.15) is 29.3 Å². The molecule has 0 aromatic heterocycles. The average molecular weight is 532 g/mol. The molecule has 3 aromatic carbocycles. The minimum absolute atomic E-state index is 0.105. The van der Waals surface area contributed by atoms with Gasteiger partial charge in [-0.25, -0.2) is 9.18 Å². The van der Waals surface area contributed by atoms with Crippen LogP contribution in [0.15, 0.2) is 72.8 Å². The van der Waals surface area contributed by atoms with Gasteiger partial charge in [0.25, 0.3) is 5.91 Å². The summed E-state index contributed by atoms with van der Waals surface area (Å²) in [5, 5.41) is 5.80. The van der Waals surface area contributed by atoms with Gasteiger partial charge in [-0.1, -0.05) is 25.1 Å². The number of nitrogens with zero attached hydrogens (tertiary/aromatic N) is 3. The van der Waals surface area contributed by atoms with Crippen LogP contribution in [0, 0.1) is 12.7 Å². The van der Waals surface area contributed by atoms with Gasteiger partial charge in [-0.2, -0.15) is 0 Å². The second-order valence-corrected chi connectivity index (χ2v) is 9.61. The van der Waals surface area contributed by atoms with Gasteiger partial charge in [-0.3, -0.25) is 9.59 Å². The van der Waals surface area contributed by atoms with Gasteiger partial charge in [-0.15, -0.1) is 0 Å². The number of aryl methyl sites for hydroxylation is 1. The molecule has 8 nitrogen and oxygen atoms in total. The van der Waals surface area contributed by atoms with Crippen molar-refractivity contribution in [3.63, 3.8) is 0 Å². The Kier molecular flexibility index (Phi) is 9.14. The highest BCUT2D eigenvalue weighted by Gasteiger charge is 2.22. The largest absolute Gasteiger partial charge is 0.368 e. The van der Waals surface area contributed by atoms with Crippen molar-refractivity contribution in [1.82, 2.24) is 9.80 Å². The molecule has 1 heterocycles. The van der Waals surface area contributed by atoms with Gasteiger partial charge >= 0.3 is 6.03 Å². The highest BCUT2D eigenvalue weighted by molar-refractivity contribution is 5.99. The first-order valence-electron chi connectivity index (χ1n) is 13.1. The number of benzene rings is 3. The van der Waals surface area contributed by atoms with E-state index >= 15 is 0 Å². The topological polar surface area (TPSA) is 85.0 Å². The smallest absolute Gasteiger partial charge is 0.321 e. The third kappa shape index (κ3) is 7.56. The molecule has 4 amide bonds. The Morgan fingerprint density at radius 1 is 0.872 bits per heavy atom. The quantitative estimate of drug-likeness (QED) is 0.430. The summed E-state index contributed by atoms with van der Waals surface area (Å²) in [4.78, 5) is 43.6. The van der Waals surface area contributed by atoms with Crippen LogP contribution in [-0.2, 0) is 4.79 Å². The molecule has 1 fully saturated rings. The number of carbonyl (C=O) groups is 3. The molecule has 0 radical (unpaired) electrons. The number of carbonyl (C=O) groups excluding carboxylic acids is 3. The van der Waals surface area contributed by atoms with E-state index in [4.69, 9.17) is 0 Å². The van der Waals surface area contributed by atoms with Gasteiger partial charge in [0.15, 0.2) is 0 Å². The maximum Gasteiger partial charge on any atom is 0.321 e. The second-order valence-electron chi connectivity index (χ2n) is 9.61. The van der Waals surface area contributed by atoms with Crippen molar-refractivity contribution in [3.8, 4) is 0 Å². The van der Waals surface area contributed by atoms with Crippen molar-refractivity contribution < 1.29 is 18.8 Å². The summed E-state index contributed by atoms with van der Waals surface area (Å²) in [5.74, 6) is -1.20. The number of anilines is 3. The molecule has 0 aliphatic carbocycles. The molecule has 4 rings (SSSR count). The van der Waals surface area contributed by atoms with Gasteiger partial charge in [0.2, 0.25) is 5.91 Å². The van der Waals surface area contributed by atoms with E-state index in [1.165, 1.54) is 23.1 Å². The van der Waals surface area contributed by atoms with Gasteiger partial charge in [-0.05, 0) is 73.5 Å². The van der Waals surface area contributed by atoms with Crippen molar-refractivity contribution in [2.24, 2.45) is 0 Å². The number of piperazine rings is 1. The minimum atomic E-state index is -0.492. The van der Waals surface area contributed by atoms with Crippen LogP contribution in [0.2, 0.25) is 0 Å². The lowest BCUT2D eigenvalue weighted by Crippen LogP contribution is -2.50. The van der Waals surface area contributed by atoms with E-state index < -0.39 is 5.82 Å². The number of hydrogen-bond acceptors (Lipinski definition) is 4. The van der Waals surface area contributed by atoms with Crippen LogP contribution in [0.3, 0.4) is 0 Å². The van der Waals surface area contributed by atoms with Crippen LogP contribution >= 0.6 is 0 Å². The standard InChI is InChI=1S/C30H34FN5O3/c1-3-14-36(29(38)23-7-5-8-24(31)20-23)21-28(37)32-25-10-12-27(13-11-25)34-15-17-35(18-16-34)30(39)33-26-9-4-6-22(2)19-26/h4-13,19-20H,3,14-18,21H2,1-2H3,(H,32,37)(H,33,39). The van der Waals surface area contributed by atoms with Crippen LogP contribution < -0.4 is 15.5 Å². The normalized spacial score (nSPS) is 13.1. The van der Waals surface area contributed by atoms with E-state index in [1.807, 2.05) is 62.4 Å². The fourth-order valence-corrected chi connectivity index (χ4v) is 4.55. The fourth-order valence-electron chi connectivity index (χ4n) is 4.55. The first kappa shape index (κ1) is 27.6. The Balaban J connectivity index is 1.28. The van der Waals surface area contributed by atoms with Crippen molar-refractivity contribution in [2.45, 2.75) is 20.3 Å². The zero-order valence-electron chi connectivity index (χ0n) is 22.3. The van der Waals surface area contributed by atoms with Crippen LogP contribution in [0.25, 0.3) is 0 Å². The van der Waals surface area contributed by atoms with Crippen molar-refractivity contribution in [3.05, 3.63) is 89.7 Å². The average Bonchev–Trinajstić information content (AvgIpc) is 2.93. The molecule has 0 atom stereocenters. The number of urea groups is 1. The summed E-state index contributed by atoms with van der Waals surface area (Å²) in [6.07, 6.45) is 0.671. The molecule has 2 N–H and O–H groups in total. The minimum Gasteiger partial charge on any atom is -0.368 e. The Bertz CT molecular complexity index is 1310. The van der Waals surface area contributed by atoms with Crippen LogP contribution in [0.5, 0.6) is 0 Å². The summed E-state index contributed by atoms with van der Waals surface area (Å²) in [6.45, 7) is 6.75. The van der Waals surface area contributed by atoms with E-state index in [0.29, 0.717) is 44.8 Å². The summed E-state index contributed by atoms with van der Waals surface area (Å²) < 4.78 is 13.6. The zero-order chi connectivity index (χ0) is 27.8. The van der Waals surface area contributed by atoms with E-state index in [9.17, 15) is 18.8 Å². The Morgan fingerprint density at radius 3 is 2.26 bits per heavy atom. The highest BCUT2D eigenvalue weighted by atomic mass is 19.1. The lowest BCUT2D eigenvalue weighted by Gasteiger charge is -2.36. The van der Waals surface area contributed by atoms with Crippen molar-refractivity contribution in [1.29, 1.82) is 0 Å². The molecule has 3 aromatic rings. The number of hydrogen-bond donors (Lipinski definition) is 2. The molecular weight excluding hydrogens is 497 g/mol. The molecule has 204 valence electrons. The van der Waals surface area contributed by atoms with Gasteiger partial charge in [0.1, 0.15) is 12.4 Å². The Hall–Kier alpha value is -4.40. The van der Waals surface area contributed by atoms with E-state index in [1.54, 1.807) is 11.0 Å². The van der Waals surface area contributed by atoms with Gasteiger partial charge in [0, 0.05) is 55.3 Å². The Labute approximate surface area is 228 Å². The molecule has 39 heavy (non-hydrogen) atoms. The Morgan fingerprint density at radius 2 is 1.59 bits per heavy atom. The fraction of sp³-hybridized carbons (Fsp3) is 0.300. The first-order chi connectivity index (χ1) is 18.8. The maximum absolute atomic E-state index is 13.6. The highest BCUT2D eigenvalue weighted by Crippen LogP contribution is 2.20. The molecule has 1 saturated heterocycles. The molecule has 1 aliphatic heterocycles. The van der Waals surface area contributed by atoms with E-state index in [2.05, 4.69) is 15.5 Å². The lowest BCUT2D eigenvalue weighted by molar-refractivity contribution is -0.116.